The molecule has 0 saturated heterocycles. The first kappa shape index (κ1) is 25.2. The van der Waals surface area contributed by atoms with Crippen LogP contribution in [0.15, 0.2) is 84.8 Å². The second kappa shape index (κ2) is 11.2. The Labute approximate surface area is 215 Å². The van der Waals surface area contributed by atoms with Crippen LogP contribution in [0.3, 0.4) is 0 Å². The van der Waals surface area contributed by atoms with E-state index in [4.69, 9.17) is 29.4 Å². The number of hydrogen-bond donors (Lipinski definition) is 1. The third kappa shape index (κ3) is 5.21. The van der Waals surface area contributed by atoms with Crippen molar-refractivity contribution in [2.24, 2.45) is 5.73 Å². The number of para-hydroxylation sites is 1. The second-order valence-corrected chi connectivity index (χ2v) is 7.95. The topological polar surface area (TPSA) is 113 Å². The molecule has 37 heavy (non-hydrogen) atoms. The molecule has 1 heterocycles. The van der Waals surface area contributed by atoms with Gasteiger partial charge in [0.1, 0.15) is 41.1 Å². The van der Waals surface area contributed by atoms with Gasteiger partial charge < -0.3 is 29.4 Å². The molecule has 1 aliphatic rings. The van der Waals surface area contributed by atoms with Crippen molar-refractivity contribution >= 4 is 5.97 Å². The standard InChI is InChI=1S/C29H26N2O6/c1-4-14-35-24-13-10-18(15-26(24)33-3)27-20-12-11-19(16-25(20)37-28(31)22(27)17-30)36-29(32)21-8-6-7-9-23(21)34-5-2/h4,6-13,15-16,27H,1,5,14,31H2,2-3H3. The van der Waals surface area contributed by atoms with Gasteiger partial charge in [-0.2, -0.15) is 5.26 Å². The summed E-state index contributed by atoms with van der Waals surface area (Å²) >= 11 is 0. The van der Waals surface area contributed by atoms with Crippen LogP contribution in [0.1, 0.15) is 34.3 Å². The fraction of sp³-hybridized carbons (Fsp3) is 0.172. The summed E-state index contributed by atoms with van der Waals surface area (Å²) in [6.07, 6.45) is 1.64. The summed E-state index contributed by atoms with van der Waals surface area (Å²) in [5.41, 5.74) is 8.13. The molecule has 0 radical (unpaired) electrons. The number of carbonyl (C=O) groups excluding carboxylic acids is 1. The number of allylic oxidation sites excluding steroid dienone is 1. The second-order valence-electron chi connectivity index (χ2n) is 7.95. The molecule has 0 amide bonds. The molecule has 0 bridgehead atoms. The van der Waals surface area contributed by atoms with Crippen LogP contribution in [-0.2, 0) is 0 Å². The van der Waals surface area contributed by atoms with Crippen molar-refractivity contribution in [1.29, 1.82) is 5.26 Å². The van der Waals surface area contributed by atoms with Gasteiger partial charge in [-0.25, -0.2) is 4.79 Å². The molecule has 1 atom stereocenters. The third-order valence-electron chi connectivity index (χ3n) is 5.69. The molecule has 1 aliphatic heterocycles. The average Bonchev–Trinajstić information content (AvgIpc) is 2.91. The number of ether oxygens (including phenoxy) is 5. The number of nitrogens with two attached hydrogens (primary N) is 1. The quantitative estimate of drug-likeness (QED) is 0.246. The van der Waals surface area contributed by atoms with E-state index in [-0.39, 0.29) is 17.2 Å². The summed E-state index contributed by atoms with van der Waals surface area (Å²) in [6, 6.07) is 19.4. The Balaban J connectivity index is 1.68. The fourth-order valence-corrected chi connectivity index (χ4v) is 4.05. The van der Waals surface area contributed by atoms with Gasteiger partial charge in [0.15, 0.2) is 11.5 Å². The van der Waals surface area contributed by atoms with Gasteiger partial charge >= 0.3 is 5.97 Å². The van der Waals surface area contributed by atoms with E-state index in [1.165, 1.54) is 7.11 Å². The van der Waals surface area contributed by atoms with Gasteiger partial charge in [0.2, 0.25) is 5.88 Å². The SMILES string of the molecule is C=CCOc1ccc(C2C(C#N)=C(N)Oc3cc(OC(=O)c4ccccc4OCC)ccc32)cc1OC. The van der Waals surface area contributed by atoms with Crippen LogP contribution in [-0.4, -0.2) is 26.3 Å². The van der Waals surface area contributed by atoms with Gasteiger partial charge in [-0.05, 0) is 42.8 Å². The first-order chi connectivity index (χ1) is 18.0. The lowest BCUT2D eigenvalue weighted by molar-refractivity contribution is 0.0730. The number of fused-ring (bicyclic) bond motifs is 1. The van der Waals surface area contributed by atoms with E-state index in [1.54, 1.807) is 60.7 Å². The predicted molar refractivity (Wildman–Crippen MR) is 137 cm³/mol. The molecular weight excluding hydrogens is 472 g/mol. The van der Waals surface area contributed by atoms with E-state index in [1.807, 2.05) is 13.0 Å². The van der Waals surface area contributed by atoms with E-state index in [9.17, 15) is 10.1 Å². The Morgan fingerprint density at radius 1 is 1.11 bits per heavy atom. The van der Waals surface area contributed by atoms with Crippen LogP contribution in [0.5, 0.6) is 28.7 Å². The van der Waals surface area contributed by atoms with Crippen molar-refractivity contribution in [3.05, 3.63) is 101 Å². The van der Waals surface area contributed by atoms with Crippen LogP contribution in [0.25, 0.3) is 0 Å². The number of rotatable bonds is 9. The highest BCUT2D eigenvalue weighted by Crippen LogP contribution is 2.45. The van der Waals surface area contributed by atoms with Gasteiger partial charge in [0, 0.05) is 11.6 Å². The lowest BCUT2D eigenvalue weighted by Gasteiger charge is -2.27. The first-order valence-electron chi connectivity index (χ1n) is 11.6. The van der Waals surface area contributed by atoms with Crippen LogP contribution >= 0.6 is 0 Å². The zero-order chi connectivity index (χ0) is 26.4. The van der Waals surface area contributed by atoms with E-state index in [0.717, 1.165) is 5.56 Å². The number of benzene rings is 3. The molecule has 0 spiro atoms. The average molecular weight is 499 g/mol. The summed E-state index contributed by atoms with van der Waals surface area (Å²) in [6.45, 7) is 6.23. The molecular formula is C29H26N2O6. The maximum Gasteiger partial charge on any atom is 0.347 e. The van der Waals surface area contributed by atoms with Crippen LogP contribution in [0.2, 0.25) is 0 Å². The zero-order valence-corrected chi connectivity index (χ0v) is 20.5. The van der Waals surface area contributed by atoms with Crippen molar-refractivity contribution in [1.82, 2.24) is 0 Å². The maximum atomic E-state index is 12.9. The number of nitriles is 1. The Morgan fingerprint density at radius 2 is 1.92 bits per heavy atom. The smallest absolute Gasteiger partial charge is 0.347 e. The summed E-state index contributed by atoms with van der Waals surface area (Å²) in [4.78, 5) is 12.9. The molecule has 0 fully saturated rings. The van der Waals surface area contributed by atoms with Crippen molar-refractivity contribution in [2.75, 3.05) is 20.3 Å². The summed E-state index contributed by atoms with van der Waals surface area (Å²) in [5.74, 6) is 0.978. The third-order valence-corrected chi connectivity index (χ3v) is 5.69. The maximum absolute atomic E-state index is 12.9. The molecule has 0 saturated carbocycles. The van der Waals surface area contributed by atoms with Crippen molar-refractivity contribution < 1.29 is 28.5 Å². The molecule has 0 aromatic heterocycles. The number of esters is 1. The molecule has 0 aliphatic carbocycles. The first-order valence-corrected chi connectivity index (χ1v) is 11.6. The molecule has 4 rings (SSSR count). The van der Waals surface area contributed by atoms with Crippen LogP contribution < -0.4 is 29.4 Å². The minimum atomic E-state index is -0.572. The van der Waals surface area contributed by atoms with E-state index in [0.29, 0.717) is 47.3 Å². The van der Waals surface area contributed by atoms with Gasteiger partial charge in [-0.3, -0.25) is 0 Å². The molecule has 8 heteroatoms. The highest BCUT2D eigenvalue weighted by atomic mass is 16.5. The van der Waals surface area contributed by atoms with Gasteiger partial charge in [0.25, 0.3) is 0 Å². The molecule has 8 nitrogen and oxygen atoms in total. The molecule has 2 N–H and O–H groups in total. The lowest BCUT2D eigenvalue weighted by atomic mass is 9.83. The van der Waals surface area contributed by atoms with Crippen LogP contribution in [0.4, 0.5) is 0 Å². The Bertz CT molecular complexity index is 1410. The monoisotopic (exact) mass is 498 g/mol. The summed E-state index contributed by atoms with van der Waals surface area (Å²) in [5, 5.41) is 9.87. The largest absolute Gasteiger partial charge is 0.493 e. The van der Waals surface area contributed by atoms with Gasteiger partial charge in [-0.15, -0.1) is 0 Å². The predicted octanol–water partition coefficient (Wildman–Crippen LogP) is 5.10. The summed E-state index contributed by atoms with van der Waals surface area (Å²) in [7, 11) is 1.54. The summed E-state index contributed by atoms with van der Waals surface area (Å²) < 4.78 is 28.1. The van der Waals surface area contributed by atoms with E-state index in [2.05, 4.69) is 12.6 Å². The Morgan fingerprint density at radius 3 is 2.65 bits per heavy atom. The zero-order valence-electron chi connectivity index (χ0n) is 20.5. The Hall–Kier alpha value is -4.90. The van der Waals surface area contributed by atoms with Crippen molar-refractivity contribution in [3.8, 4) is 34.8 Å². The van der Waals surface area contributed by atoms with Crippen molar-refractivity contribution in [3.63, 3.8) is 0 Å². The molecule has 3 aromatic rings. The molecule has 188 valence electrons. The highest BCUT2D eigenvalue weighted by Gasteiger charge is 2.32. The Kier molecular flexibility index (Phi) is 7.65. The number of hydrogen-bond acceptors (Lipinski definition) is 8. The number of carbonyl (C=O) groups is 1. The van der Waals surface area contributed by atoms with E-state index >= 15 is 0 Å². The highest BCUT2D eigenvalue weighted by molar-refractivity contribution is 5.94. The normalized spacial score (nSPS) is 14.0. The fourth-order valence-electron chi connectivity index (χ4n) is 4.05. The molecule has 3 aromatic carbocycles. The van der Waals surface area contributed by atoms with Gasteiger partial charge in [-0.1, -0.05) is 36.9 Å². The molecule has 1 unspecified atom stereocenters. The number of methoxy groups -OCH3 is 1. The van der Waals surface area contributed by atoms with E-state index < -0.39 is 11.9 Å². The van der Waals surface area contributed by atoms with Crippen molar-refractivity contribution in [2.45, 2.75) is 12.8 Å². The van der Waals surface area contributed by atoms with Gasteiger partial charge in [0.05, 0.1) is 19.6 Å². The minimum Gasteiger partial charge on any atom is -0.493 e. The lowest BCUT2D eigenvalue weighted by Crippen LogP contribution is -2.21. The number of nitrogens with zero attached hydrogens (tertiary/aromatic N) is 1. The van der Waals surface area contributed by atoms with Crippen LogP contribution in [0, 0.1) is 11.3 Å². The minimum absolute atomic E-state index is 0.0314.